The zero-order valence-electron chi connectivity index (χ0n) is 12.1. The molecule has 0 amide bonds. The van der Waals surface area contributed by atoms with Crippen molar-refractivity contribution >= 4 is 0 Å². The van der Waals surface area contributed by atoms with Crippen molar-refractivity contribution in [2.24, 2.45) is 5.92 Å². The molecule has 1 aromatic carbocycles. The van der Waals surface area contributed by atoms with Crippen LogP contribution in [0.1, 0.15) is 37.5 Å². The Kier molecular flexibility index (Phi) is 6.21. The fraction of sp³-hybridized carbons (Fsp3) is 0.500. The second kappa shape index (κ2) is 8.17. The number of hydrogen-bond donors (Lipinski definition) is 0. The lowest BCUT2D eigenvalue weighted by Gasteiger charge is -2.13. The lowest BCUT2D eigenvalue weighted by molar-refractivity contribution is -0.454. The number of allylic oxidation sites excluding steroid dienone is 2. The third-order valence-electron chi connectivity index (χ3n) is 3.60. The molecule has 0 saturated heterocycles. The van der Waals surface area contributed by atoms with Gasteiger partial charge in [-0.2, -0.15) is 9.78 Å². The van der Waals surface area contributed by atoms with Crippen molar-refractivity contribution < 1.29 is 19.6 Å². The molecule has 0 spiro atoms. The smallest absolute Gasteiger partial charge is 0.237 e. The molecule has 0 aliphatic heterocycles. The van der Waals surface area contributed by atoms with Gasteiger partial charge in [0.25, 0.3) is 0 Å². The normalized spacial score (nSPS) is 19.8. The second-order valence-electron chi connectivity index (χ2n) is 4.98. The van der Waals surface area contributed by atoms with Crippen LogP contribution in [-0.2, 0) is 19.6 Å². The Balaban J connectivity index is 0.000000173. The summed E-state index contributed by atoms with van der Waals surface area (Å²) in [7, 11) is 2.82. The van der Waals surface area contributed by atoms with Gasteiger partial charge in [0, 0.05) is 5.56 Å². The van der Waals surface area contributed by atoms with Gasteiger partial charge in [0.2, 0.25) is 6.29 Å². The fourth-order valence-corrected chi connectivity index (χ4v) is 2.60. The molecule has 20 heavy (non-hydrogen) atoms. The molecule has 4 heteroatoms. The number of benzene rings is 1. The fourth-order valence-electron chi connectivity index (χ4n) is 2.60. The van der Waals surface area contributed by atoms with Gasteiger partial charge in [0.15, 0.2) is 0 Å². The van der Waals surface area contributed by atoms with Crippen LogP contribution in [0.3, 0.4) is 0 Å². The minimum atomic E-state index is -0.656. The van der Waals surface area contributed by atoms with Gasteiger partial charge in [-0.3, -0.25) is 0 Å². The Morgan fingerprint density at radius 1 is 1.05 bits per heavy atom. The van der Waals surface area contributed by atoms with Gasteiger partial charge in [-0.05, 0) is 31.6 Å². The molecule has 1 fully saturated rings. The molecule has 1 unspecified atom stereocenters. The van der Waals surface area contributed by atoms with Gasteiger partial charge < -0.3 is 0 Å². The number of hydrogen-bond acceptors (Lipinski definition) is 4. The van der Waals surface area contributed by atoms with E-state index in [0.29, 0.717) is 0 Å². The SMILES string of the molecule is C1=C2CCC(C1)C2.COOC(OOC)c1ccccc1. The molecular formula is C16H22O4. The highest BCUT2D eigenvalue weighted by Gasteiger charge is 2.23. The van der Waals surface area contributed by atoms with Crippen LogP contribution in [-0.4, -0.2) is 14.2 Å². The summed E-state index contributed by atoms with van der Waals surface area (Å²) in [6.07, 6.45) is 7.52. The molecule has 2 aliphatic carbocycles. The first-order valence-electron chi connectivity index (χ1n) is 6.95. The third kappa shape index (κ3) is 4.42. The van der Waals surface area contributed by atoms with Crippen LogP contribution in [0.25, 0.3) is 0 Å². The largest absolute Gasteiger partial charge is 0.249 e. The lowest BCUT2D eigenvalue weighted by Crippen LogP contribution is -2.07. The van der Waals surface area contributed by atoms with Crippen LogP contribution in [0, 0.1) is 5.92 Å². The Morgan fingerprint density at radius 2 is 1.75 bits per heavy atom. The molecule has 3 rings (SSSR count). The quantitative estimate of drug-likeness (QED) is 0.353. The summed E-state index contributed by atoms with van der Waals surface area (Å²) >= 11 is 0. The lowest BCUT2D eigenvalue weighted by atomic mass is 10.1. The highest BCUT2D eigenvalue weighted by molar-refractivity contribution is 5.16. The molecule has 0 heterocycles. The van der Waals surface area contributed by atoms with Crippen LogP contribution >= 0.6 is 0 Å². The van der Waals surface area contributed by atoms with Gasteiger partial charge >= 0.3 is 0 Å². The zero-order valence-corrected chi connectivity index (χ0v) is 12.1. The molecule has 110 valence electrons. The summed E-state index contributed by atoms with van der Waals surface area (Å²) in [4.78, 5) is 18.7. The van der Waals surface area contributed by atoms with E-state index in [1.807, 2.05) is 30.3 Å². The topological polar surface area (TPSA) is 36.9 Å². The maximum absolute atomic E-state index is 4.82. The van der Waals surface area contributed by atoms with Gasteiger partial charge in [0.05, 0.1) is 14.2 Å². The molecule has 0 radical (unpaired) electrons. The first-order chi connectivity index (χ1) is 9.83. The van der Waals surface area contributed by atoms with Crippen molar-refractivity contribution in [1.82, 2.24) is 0 Å². The van der Waals surface area contributed by atoms with Crippen molar-refractivity contribution in [3.05, 3.63) is 47.5 Å². The number of rotatable bonds is 5. The minimum absolute atomic E-state index is 0.656. The average Bonchev–Trinajstić information content (AvgIpc) is 3.14. The van der Waals surface area contributed by atoms with E-state index < -0.39 is 6.29 Å². The summed E-state index contributed by atoms with van der Waals surface area (Å²) in [5.74, 6) is 1.08. The summed E-state index contributed by atoms with van der Waals surface area (Å²) in [6.45, 7) is 0. The van der Waals surface area contributed by atoms with E-state index in [1.54, 1.807) is 5.57 Å². The van der Waals surface area contributed by atoms with Crippen LogP contribution in [0.4, 0.5) is 0 Å². The predicted molar refractivity (Wildman–Crippen MR) is 75.4 cm³/mol. The van der Waals surface area contributed by atoms with Gasteiger partial charge in [-0.1, -0.05) is 42.0 Å². The third-order valence-corrected chi connectivity index (χ3v) is 3.60. The Labute approximate surface area is 120 Å². The van der Waals surface area contributed by atoms with Crippen molar-refractivity contribution in [2.75, 3.05) is 14.2 Å². The molecule has 2 bridgehead atoms. The van der Waals surface area contributed by atoms with Gasteiger partial charge in [-0.25, -0.2) is 9.78 Å². The molecule has 4 nitrogen and oxygen atoms in total. The van der Waals surface area contributed by atoms with Gasteiger partial charge in [-0.15, -0.1) is 0 Å². The predicted octanol–water partition coefficient (Wildman–Crippen LogP) is 3.96. The average molecular weight is 278 g/mol. The van der Waals surface area contributed by atoms with E-state index in [-0.39, 0.29) is 0 Å². The standard InChI is InChI=1S/C9H12O4.C7H10/c1-10-12-9(13-11-2)8-6-4-3-5-7-8;1-2-7-4-3-6(1)5-7/h3-7,9H,1-2H3;1,7H,2-5H2. The van der Waals surface area contributed by atoms with Crippen LogP contribution in [0.15, 0.2) is 42.0 Å². The van der Waals surface area contributed by atoms with Crippen LogP contribution in [0.5, 0.6) is 0 Å². The second-order valence-corrected chi connectivity index (χ2v) is 4.98. The van der Waals surface area contributed by atoms with E-state index in [1.165, 1.54) is 39.9 Å². The van der Waals surface area contributed by atoms with E-state index in [9.17, 15) is 0 Å². The van der Waals surface area contributed by atoms with Crippen molar-refractivity contribution in [1.29, 1.82) is 0 Å². The van der Waals surface area contributed by atoms with Gasteiger partial charge in [0.1, 0.15) is 0 Å². The summed E-state index contributed by atoms with van der Waals surface area (Å²) in [5.41, 5.74) is 2.57. The number of fused-ring (bicyclic) bond motifs is 2. The van der Waals surface area contributed by atoms with Crippen LogP contribution < -0.4 is 0 Å². The molecule has 1 saturated carbocycles. The van der Waals surface area contributed by atoms with E-state index in [4.69, 9.17) is 9.78 Å². The molecular weight excluding hydrogens is 256 g/mol. The summed E-state index contributed by atoms with van der Waals surface area (Å²) < 4.78 is 0. The summed E-state index contributed by atoms with van der Waals surface area (Å²) in [6, 6.07) is 9.35. The van der Waals surface area contributed by atoms with Crippen molar-refractivity contribution in [3.63, 3.8) is 0 Å². The molecule has 1 aromatic rings. The molecule has 0 aromatic heterocycles. The highest BCUT2D eigenvalue weighted by Crippen LogP contribution is 2.38. The monoisotopic (exact) mass is 278 g/mol. The van der Waals surface area contributed by atoms with Crippen LogP contribution in [0.2, 0.25) is 0 Å². The maximum Gasteiger partial charge on any atom is 0.249 e. The first kappa shape index (κ1) is 15.2. The first-order valence-corrected chi connectivity index (χ1v) is 6.95. The zero-order chi connectivity index (χ0) is 14.2. The maximum atomic E-state index is 4.82. The van der Waals surface area contributed by atoms with Crippen molar-refractivity contribution in [2.45, 2.75) is 32.0 Å². The van der Waals surface area contributed by atoms with E-state index >= 15 is 0 Å². The highest BCUT2D eigenvalue weighted by atomic mass is 17.3. The molecule has 0 N–H and O–H groups in total. The molecule has 1 atom stereocenters. The molecule has 2 aliphatic rings. The minimum Gasteiger partial charge on any atom is -0.237 e. The Morgan fingerprint density at radius 3 is 2.10 bits per heavy atom. The summed E-state index contributed by atoms with van der Waals surface area (Å²) in [5, 5.41) is 0. The van der Waals surface area contributed by atoms with Crippen molar-refractivity contribution in [3.8, 4) is 0 Å². The van der Waals surface area contributed by atoms with E-state index in [0.717, 1.165) is 11.5 Å². The Hall–Kier alpha value is -1.20. The Bertz CT molecular complexity index is 410. The van der Waals surface area contributed by atoms with E-state index in [2.05, 4.69) is 15.9 Å².